The van der Waals surface area contributed by atoms with Crippen molar-refractivity contribution in [3.05, 3.63) is 42.0 Å². The van der Waals surface area contributed by atoms with Gasteiger partial charge in [0.2, 0.25) is 5.91 Å². The molecule has 1 rings (SSSR count). The van der Waals surface area contributed by atoms with E-state index in [1.165, 1.54) is 25.3 Å². The molecule has 10 nitrogen and oxygen atoms in total. The molecule has 0 aliphatic rings. The first-order valence-corrected chi connectivity index (χ1v) is 15.4. The van der Waals surface area contributed by atoms with Crippen molar-refractivity contribution in [3.63, 3.8) is 0 Å². The summed E-state index contributed by atoms with van der Waals surface area (Å²) in [4.78, 5) is 60.5. The van der Waals surface area contributed by atoms with Crippen LogP contribution in [0.4, 0.5) is 0 Å². The molecule has 1 aromatic carbocycles. The summed E-state index contributed by atoms with van der Waals surface area (Å²) < 4.78 is 5.30. The zero-order chi connectivity index (χ0) is 32.7. The molecule has 0 bridgehead atoms. The predicted octanol–water partition coefficient (Wildman–Crippen LogP) is 5.43. The lowest BCUT2D eigenvalue weighted by Crippen LogP contribution is -2.47. The van der Waals surface area contributed by atoms with Gasteiger partial charge in [-0.15, -0.1) is 6.42 Å². The number of aliphatic carboxylic acids is 3. The number of rotatable bonds is 25. The maximum absolute atomic E-state index is 13.2. The zero-order valence-corrected chi connectivity index (χ0v) is 25.7. The molecular formula is C34H47NO9. The van der Waals surface area contributed by atoms with Gasteiger partial charge in [-0.3, -0.25) is 19.2 Å². The minimum atomic E-state index is -1.58. The first-order chi connectivity index (χ1) is 21.1. The highest BCUT2D eigenvalue weighted by molar-refractivity contribution is 5.91. The van der Waals surface area contributed by atoms with Crippen molar-refractivity contribution in [1.29, 1.82) is 0 Å². The Morgan fingerprint density at radius 2 is 1.50 bits per heavy atom. The lowest BCUT2D eigenvalue weighted by Gasteiger charge is -2.22. The molecule has 4 N–H and O–H groups in total. The lowest BCUT2D eigenvalue weighted by molar-refractivity contribution is -0.152. The molecule has 0 aliphatic heterocycles. The third-order valence-electron chi connectivity index (χ3n) is 7.23. The number of hydrogen-bond acceptors (Lipinski definition) is 6. The Kier molecular flexibility index (Phi) is 19.3. The highest BCUT2D eigenvalue weighted by Crippen LogP contribution is 2.21. The van der Waals surface area contributed by atoms with Crippen LogP contribution < -0.4 is 10.1 Å². The summed E-state index contributed by atoms with van der Waals surface area (Å²) in [5, 5.41) is 31.1. The van der Waals surface area contributed by atoms with Gasteiger partial charge in [-0.05, 0) is 43.4 Å². The fourth-order valence-corrected chi connectivity index (χ4v) is 4.74. The summed E-state index contributed by atoms with van der Waals surface area (Å²) in [5.74, 6) is -4.92. The van der Waals surface area contributed by atoms with E-state index in [-0.39, 0.29) is 13.0 Å². The van der Waals surface area contributed by atoms with E-state index in [0.29, 0.717) is 36.4 Å². The predicted molar refractivity (Wildman–Crippen MR) is 166 cm³/mol. The quantitative estimate of drug-likeness (QED) is 0.0639. The smallest absolute Gasteiger partial charge is 0.326 e. The maximum atomic E-state index is 13.2. The van der Waals surface area contributed by atoms with Gasteiger partial charge in [0.05, 0.1) is 18.3 Å². The normalized spacial score (nSPS) is 13.0. The number of ether oxygens (including phenoxy) is 1. The van der Waals surface area contributed by atoms with Crippen molar-refractivity contribution >= 4 is 29.6 Å². The molecule has 10 heteroatoms. The summed E-state index contributed by atoms with van der Waals surface area (Å²) in [5.41, 5.74) is 0.576. The van der Waals surface area contributed by atoms with Crippen molar-refractivity contribution in [2.75, 3.05) is 6.61 Å². The molecule has 242 valence electrons. The van der Waals surface area contributed by atoms with Crippen LogP contribution in [0, 0.1) is 24.2 Å². The molecule has 0 aliphatic carbocycles. The number of carboxylic acids is 3. The van der Waals surface area contributed by atoms with Crippen LogP contribution in [0.15, 0.2) is 36.4 Å². The number of ketones is 1. The number of allylic oxidation sites excluding steroid dienone is 1. The highest BCUT2D eigenvalue weighted by atomic mass is 16.5. The van der Waals surface area contributed by atoms with Crippen LogP contribution in [0.1, 0.15) is 96.0 Å². The number of hydrogen-bond donors (Lipinski definition) is 4. The van der Waals surface area contributed by atoms with E-state index in [9.17, 15) is 39.3 Å². The van der Waals surface area contributed by atoms with Crippen LogP contribution >= 0.6 is 0 Å². The number of benzene rings is 1. The van der Waals surface area contributed by atoms with Crippen LogP contribution in [0.5, 0.6) is 5.75 Å². The van der Waals surface area contributed by atoms with Crippen LogP contribution in [0.2, 0.25) is 0 Å². The molecule has 0 saturated carbocycles. The third-order valence-corrected chi connectivity index (χ3v) is 7.23. The Morgan fingerprint density at radius 3 is 2.05 bits per heavy atom. The molecule has 0 aromatic heterocycles. The zero-order valence-electron chi connectivity index (χ0n) is 25.7. The van der Waals surface area contributed by atoms with Gasteiger partial charge in [0, 0.05) is 19.3 Å². The fourth-order valence-electron chi connectivity index (χ4n) is 4.74. The van der Waals surface area contributed by atoms with Gasteiger partial charge >= 0.3 is 17.9 Å². The minimum absolute atomic E-state index is 0.0729. The van der Waals surface area contributed by atoms with E-state index < -0.39 is 48.1 Å². The average molecular weight is 614 g/mol. The monoisotopic (exact) mass is 613 g/mol. The van der Waals surface area contributed by atoms with E-state index in [1.807, 2.05) is 0 Å². The largest absolute Gasteiger partial charge is 0.481 e. The molecular weight excluding hydrogens is 566 g/mol. The molecule has 0 spiro atoms. The summed E-state index contributed by atoms with van der Waals surface area (Å²) in [6, 6.07) is 5.09. The van der Waals surface area contributed by atoms with E-state index in [1.54, 1.807) is 30.3 Å². The summed E-state index contributed by atoms with van der Waals surface area (Å²) >= 11 is 0. The highest BCUT2D eigenvalue weighted by Gasteiger charge is 2.35. The second-order valence-corrected chi connectivity index (χ2v) is 10.9. The maximum Gasteiger partial charge on any atom is 0.326 e. The molecule has 1 amide bonds. The van der Waals surface area contributed by atoms with Gasteiger partial charge in [-0.2, -0.15) is 0 Å². The van der Waals surface area contributed by atoms with E-state index >= 15 is 0 Å². The number of carbonyl (C=O) groups is 5. The van der Waals surface area contributed by atoms with E-state index in [2.05, 4.69) is 18.2 Å². The molecule has 1 aromatic rings. The molecule has 3 atom stereocenters. The molecule has 0 heterocycles. The number of unbranched alkanes of at least 4 members (excludes halogenated alkanes) is 8. The topological polar surface area (TPSA) is 167 Å². The Morgan fingerprint density at radius 1 is 0.886 bits per heavy atom. The second-order valence-electron chi connectivity index (χ2n) is 10.9. The SMILES string of the molecule is C#CCOc1ccc(C[C@H](NC(=O)[C@@H](/C=C/CCCCCCC(=O)CCCCCCC)[C@@H](CC(=O)O)C(=O)O)C(=O)O)cc1. The molecule has 0 unspecified atom stereocenters. The number of terminal acetylenes is 1. The van der Waals surface area contributed by atoms with Gasteiger partial charge in [0.15, 0.2) is 0 Å². The Bertz CT molecular complexity index is 1120. The van der Waals surface area contributed by atoms with Crippen molar-refractivity contribution in [3.8, 4) is 18.1 Å². The van der Waals surface area contributed by atoms with Gasteiger partial charge < -0.3 is 25.4 Å². The standard InChI is InChI=1S/C34H47NO9/c1-3-5-6-9-12-15-26(36)16-13-10-7-8-11-14-17-28(29(33(40)41)24-31(37)38)32(39)35-30(34(42)43)23-25-18-20-27(21-19-25)44-22-4-2/h2,14,17-21,28-30H,3,5-13,15-16,22-24H2,1H3,(H,35,39)(H,37,38)(H,40,41)(H,42,43)/b17-14+/t28-,29+,30-/m0/s1. The van der Waals surface area contributed by atoms with Crippen LogP contribution in [0.3, 0.4) is 0 Å². The van der Waals surface area contributed by atoms with Gasteiger partial charge in [-0.1, -0.05) is 75.7 Å². The van der Waals surface area contributed by atoms with Crippen LogP contribution in [-0.2, 0) is 30.4 Å². The first kappa shape index (κ1) is 37.9. The molecule has 44 heavy (non-hydrogen) atoms. The van der Waals surface area contributed by atoms with E-state index in [4.69, 9.17) is 11.2 Å². The van der Waals surface area contributed by atoms with Crippen LogP contribution in [0.25, 0.3) is 0 Å². The Hall–Kier alpha value is -4.13. The molecule has 0 saturated heterocycles. The first-order valence-electron chi connectivity index (χ1n) is 15.4. The second kappa shape index (κ2) is 22.4. The Balaban J connectivity index is 2.73. The van der Waals surface area contributed by atoms with Crippen molar-refractivity contribution < 1.29 is 44.0 Å². The Labute approximate surface area is 260 Å². The van der Waals surface area contributed by atoms with Crippen molar-refractivity contribution in [1.82, 2.24) is 5.32 Å². The van der Waals surface area contributed by atoms with E-state index in [0.717, 1.165) is 38.5 Å². The van der Waals surface area contributed by atoms with Gasteiger partial charge in [0.1, 0.15) is 24.2 Å². The lowest BCUT2D eigenvalue weighted by atomic mass is 9.87. The van der Waals surface area contributed by atoms with Crippen molar-refractivity contribution in [2.24, 2.45) is 11.8 Å². The van der Waals surface area contributed by atoms with Gasteiger partial charge in [0.25, 0.3) is 0 Å². The summed E-state index contributed by atoms with van der Waals surface area (Å²) in [7, 11) is 0. The summed E-state index contributed by atoms with van der Waals surface area (Å²) in [6.45, 7) is 2.23. The summed E-state index contributed by atoms with van der Waals surface area (Å²) in [6.07, 6.45) is 17.8. The van der Waals surface area contributed by atoms with Gasteiger partial charge in [-0.25, -0.2) is 4.79 Å². The number of nitrogens with one attached hydrogen (secondary N) is 1. The third kappa shape index (κ3) is 16.5. The number of carbonyl (C=O) groups excluding carboxylic acids is 2. The van der Waals surface area contributed by atoms with Crippen LogP contribution in [-0.4, -0.2) is 57.6 Å². The van der Waals surface area contributed by atoms with Crippen molar-refractivity contribution in [2.45, 2.75) is 103 Å². The minimum Gasteiger partial charge on any atom is -0.481 e. The molecule has 0 radical (unpaired) electrons. The average Bonchev–Trinajstić information content (AvgIpc) is 2.98. The molecule has 0 fully saturated rings. The fraction of sp³-hybridized carbons (Fsp3) is 0.559. The number of carboxylic acid groups (broad SMARTS) is 3. The number of Topliss-reactive ketones (excluding diaryl/α,β-unsaturated/α-hetero) is 1. The number of amides is 1.